The first-order valence-corrected chi connectivity index (χ1v) is 30.5. The summed E-state index contributed by atoms with van der Waals surface area (Å²) in [6.45, 7) is 4.78. The maximum Gasteiger partial charge on any atom is 0.472 e. The second kappa shape index (κ2) is 50.4. The van der Waals surface area contributed by atoms with E-state index < -0.39 is 20.0 Å². The molecule has 0 aromatic rings. The molecule has 0 aliphatic rings. The normalized spacial score (nSPS) is 14.3. The largest absolute Gasteiger partial charge is 0.472 e. The van der Waals surface area contributed by atoms with Gasteiger partial charge in [0.25, 0.3) is 0 Å². The molecule has 0 heterocycles. The molecule has 0 spiro atoms. The molecule has 68 heavy (non-hydrogen) atoms. The Morgan fingerprint density at radius 1 is 0.500 bits per heavy atom. The average Bonchev–Trinajstić information content (AvgIpc) is 3.30. The summed E-state index contributed by atoms with van der Waals surface area (Å²) in [5, 5.41) is 13.8. The van der Waals surface area contributed by atoms with Gasteiger partial charge in [0.05, 0.1) is 39.9 Å². The lowest BCUT2D eigenvalue weighted by Gasteiger charge is -2.25. The monoisotopic (exact) mass is 978 g/mol. The van der Waals surface area contributed by atoms with Crippen molar-refractivity contribution in [2.24, 2.45) is 0 Å². The van der Waals surface area contributed by atoms with Crippen molar-refractivity contribution in [3.05, 3.63) is 48.6 Å². The Balaban J connectivity index is 3.85. The first-order valence-electron chi connectivity index (χ1n) is 29.0. The van der Waals surface area contributed by atoms with Crippen LogP contribution in [0.25, 0.3) is 0 Å². The van der Waals surface area contributed by atoms with E-state index in [1.807, 2.05) is 27.2 Å². The molecule has 0 bridgehead atoms. The van der Waals surface area contributed by atoms with Crippen LogP contribution in [0, 0.1) is 0 Å². The number of aliphatic hydroxyl groups is 1. The molecular weight excluding hydrogens is 864 g/mol. The third kappa shape index (κ3) is 52.3. The lowest BCUT2D eigenvalue weighted by Crippen LogP contribution is -2.45. The van der Waals surface area contributed by atoms with Gasteiger partial charge in [0.15, 0.2) is 0 Å². The zero-order valence-electron chi connectivity index (χ0n) is 45.6. The number of rotatable bonds is 53. The zero-order valence-corrected chi connectivity index (χ0v) is 46.5. The number of phosphoric acid groups is 1. The van der Waals surface area contributed by atoms with Crippen molar-refractivity contribution in [2.45, 2.75) is 283 Å². The van der Waals surface area contributed by atoms with E-state index in [4.69, 9.17) is 9.05 Å². The van der Waals surface area contributed by atoms with Crippen LogP contribution in [0.4, 0.5) is 0 Å². The molecule has 0 aromatic carbocycles. The number of quaternary nitrogens is 1. The predicted octanol–water partition coefficient (Wildman–Crippen LogP) is 17.5. The SMILES string of the molecule is CCCCCCC/C=C\C/C=C\C/C=C\CCCCCCCCCCCCCCCCCCCCCCCCC(=O)NC(COP(=O)(O)OCC[N+](C)(C)C)C(O)/C=C/CCCCCCCCC. The molecule has 0 saturated heterocycles. The van der Waals surface area contributed by atoms with E-state index in [0.717, 1.165) is 51.4 Å². The number of allylic oxidation sites excluding steroid dienone is 7. The van der Waals surface area contributed by atoms with Gasteiger partial charge in [0.2, 0.25) is 5.91 Å². The van der Waals surface area contributed by atoms with Crippen LogP contribution >= 0.6 is 7.82 Å². The fraction of sp³-hybridized carbons (Fsp3) is 0.847. The van der Waals surface area contributed by atoms with Crippen LogP contribution in [0.3, 0.4) is 0 Å². The number of carbonyl (C=O) groups is 1. The van der Waals surface area contributed by atoms with Crippen molar-refractivity contribution in [3.8, 4) is 0 Å². The van der Waals surface area contributed by atoms with Crippen molar-refractivity contribution >= 4 is 13.7 Å². The van der Waals surface area contributed by atoms with Gasteiger partial charge in [-0.05, 0) is 57.8 Å². The number of amides is 1. The summed E-state index contributed by atoms with van der Waals surface area (Å²) >= 11 is 0. The molecule has 3 N–H and O–H groups in total. The summed E-state index contributed by atoms with van der Waals surface area (Å²) < 4.78 is 23.6. The van der Waals surface area contributed by atoms with Gasteiger partial charge in [0.1, 0.15) is 13.2 Å². The zero-order chi connectivity index (χ0) is 49.9. The maximum atomic E-state index is 12.9. The van der Waals surface area contributed by atoms with Gasteiger partial charge in [0, 0.05) is 6.42 Å². The van der Waals surface area contributed by atoms with Crippen molar-refractivity contribution in [3.63, 3.8) is 0 Å². The number of carbonyl (C=O) groups excluding carboxylic acids is 1. The fourth-order valence-electron chi connectivity index (χ4n) is 8.46. The summed E-state index contributed by atoms with van der Waals surface area (Å²) in [6.07, 6.45) is 66.8. The molecule has 3 atom stereocenters. The second-order valence-electron chi connectivity index (χ2n) is 21.0. The molecule has 1 amide bonds. The Labute approximate surface area is 422 Å². The minimum Gasteiger partial charge on any atom is -0.387 e. The van der Waals surface area contributed by atoms with E-state index in [1.54, 1.807) is 6.08 Å². The van der Waals surface area contributed by atoms with E-state index >= 15 is 0 Å². The lowest BCUT2D eigenvalue weighted by molar-refractivity contribution is -0.870. The minimum absolute atomic E-state index is 0.0622. The highest BCUT2D eigenvalue weighted by Gasteiger charge is 2.27. The van der Waals surface area contributed by atoms with Gasteiger partial charge in [-0.1, -0.05) is 255 Å². The molecule has 400 valence electrons. The molecule has 0 radical (unpaired) electrons. The molecule has 8 nitrogen and oxygen atoms in total. The summed E-state index contributed by atoms with van der Waals surface area (Å²) in [7, 11) is 1.58. The number of unbranched alkanes of at least 4 members (excludes halogenated alkanes) is 34. The molecule has 0 aliphatic carbocycles. The number of nitrogens with one attached hydrogen (secondary N) is 1. The van der Waals surface area contributed by atoms with Crippen LogP contribution in [0.5, 0.6) is 0 Å². The molecule has 0 aromatic heterocycles. The van der Waals surface area contributed by atoms with E-state index in [1.165, 1.54) is 199 Å². The summed E-state index contributed by atoms with van der Waals surface area (Å²) in [5.41, 5.74) is 0. The Morgan fingerprint density at radius 2 is 0.838 bits per heavy atom. The van der Waals surface area contributed by atoms with Crippen LogP contribution in [0.2, 0.25) is 0 Å². The summed E-state index contributed by atoms with van der Waals surface area (Å²) in [5.74, 6) is -0.177. The van der Waals surface area contributed by atoms with E-state index in [9.17, 15) is 19.4 Å². The highest BCUT2D eigenvalue weighted by Crippen LogP contribution is 2.43. The average molecular weight is 979 g/mol. The number of aliphatic hydroxyl groups excluding tert-OH is 1. The fourth-order valence-corrected chi connectivity index (χ4v) is 9.20. The van der Waals surface area contributed by atoms with Crippen molar-refractivity contribution in [1.82, 2.24) is 5.32 Å². The van der Waals surface area contributed by atoms with E-state index in [2.05, 4.69) is 55.6 Å². The van der Waals surface area contributed by atoms with Crippen LogP contribution in [0.15, 0.2) is 48.6 Å². The second-order valence-corrected chi connectivity index (χ2v) is 22.5. The van der Waals surface area contributed by atoms with E-state index in [-0.39, 0.29) is 19.1 Å². The van der Waals surface area contributed by atoms with Gasteiger partial charge in [-0.2, -0.15) is 0 Å². The van der Waals surface area contributed by atoms with Crippen molar-refractivity contribution in [2.75, 3.05) is 40.9 Å². The van der Waals surface area contributed by atoms with Crippen LogP contribution in [0.1, 0.15) is 271 Å². The Morgan fingerprint density at radius 3 is 1.22 bits per heavy atom. The number of likely N-dealkylation sites (N-methyl/N-ethyl adjacent to an activating group) is 1. The topological polar surface area (TPSA) is 105 Å². The van der Waals surface area contributed by atoms with Crippen molar-refractivity contribution < 1.29 is 32.9 Å². The van der Waals surface area contributed by atoms with Crippen molar-refractivity contribution in [1.29, 1.82) is 0 Å². The molecular formula is C59H114N2O6P+. The number of hydrogen-bond donors (Lipinski definition) is 3. The van der Waals surface area contributed by atoms with Crippen LogP contribution in [-0.2, 0) is 18.4 Å². The third-order valence-electron chi connectivity index (χ3n) is 13.0. The summed E-state index contributed by atoms with van der Waals surface area (Å²) in [6, 6.07) is -0.843. The highest BCUT2D eigenvalue weighted by molar-refractivity contribution is 7.47. The van der Waals surface area contributed by atoms with Crippen LogP contribution in [-0.4, -0.2) is 73.4 Å². The molecule has 3 unspecified atom stereocenters. The first kappa shape index (κ1) is 66.5. The van der Waals surface area contributed by atoms with Gasteiger partial charge >= 0.3 is 7.82 Å². The smallest absolute Gasteiger partial charge is 0.387 e. The molecule has 0 fully saturated rings. The van der Waals surface area contributed by atoms with Gasteiger partial charge in [-0.15, -0.1) is 0 Å². The van der Waals surface area contributed by atoms with Crippen LogP contribution < -0.4 is 5.32 Å². The first-order chi connectivity index (χ1) is 33.0. The minimum atomic E-state index is -4.33. The van der Waals surface area contributed by atoms with Gasteiger partial charge in [-0.25, -0.2) is 4.57 Å². The number of hydrogen-bond acceptors (Lipinski definition) is 5. The lowest BCUT2D eigenvalue weighted by atomic mass is 10.0. The molecule has 0 rings (SSSR count). The van der Waals surface area contributed by atoms with Gasteiger partial charge in [-0.3, -0.25) is 13.8 Å². The molecule has 0 aliphatic heterocycles. The Bertz CT molecular complexity index is 1250. The highest BCUT2D eigenvalue weighted by atomic mass is 31.2. The quantitative estimate of drug-likeness (QED) is 0.0243. The maximum absolute atomic E-state index is 12.9. The standard InChI is InChI=1S/C59H113N2O6P/c1-6-8-10-12-14-16-17-18-19-20-21-22-23-24-25-26-27-28-29-30-31-32-33-34-35-36-37-38-39-40-41-42-43-45-47-49-51-53-59(63)60-57(56-67-68(64,65)66-55-54-61(3,4)5)58(62)52-50-48-46-44-15-13-11-9-7-2/h17-18,20-21,23-24,50,52,57-58,62H,6-16,19,22,25-49,51,53-56H2,1-5H3,(H-,60,63,64,65)/p+1/b18-17-,21-20-,24-23-,52-50+. The number of phosphoric ester groups is 1. The molecule has 0 saturated carbocycles. The Kier molecular flexibility index (Phi) is 49.3. The molecule has 9 heteroatoms. The third-order valence-corrected chi connectivity index (χ3v) is 14.0. The predicted molar refractivity (Wildman–Crippen MR) is 295 cm³/mol. The Hall–Kier alpha value is -1.54. The number of nitrogens with zero attached hydrogens (tertiary/aromatic N) is 1. The van der Waals surface area contributed by atoms with E-state index in [0.29, 0.717) is 17.4 Å². The summed E-state index contributed by atoms with van der Waals surface area (Å²) in [4.78, 5) is 23.2. The van der Waals surface area contributed by atoms with Gasteiger partial charge < -0.3 is 19.8 Å².